The number of furan rings is 1. The molecule has 0 saturated heterocycles. The predicted molar refractivity (Wildman–Crippen MR) is 110 cm³/mol. The third kappa shape index (κ3) is 4.95. The highest BCUT2D eigenvalue weighted by Gasteiger charge is 2.17. The van der Waals surface area contributed by atoms with Crippen molar-refractivity contribution < 1.29 is 18.7 Å². The molecule has 0 amide bonds. The van der Waals surface area contributed by atoms with Crippen molar-refractivity contribution in [2.75, 3.05) is 12.4 Å². The topological polar surface area (TPSA) is 87.2 Å². The van der Waals surface area contributed by atoms with Crippen LogP contribution in [0.5, 0.6) is 0 Å². The third-order valence-electron chi connectivity index (χ3n) is 4.33. The number of rotatable bonds is 9. The first kappa shape index (κ1) is 20.9. The molecule has 0 fully saturated rings. The van der Waals surface area contributed by atoms with Crippen LogP contribution in [0.25, 0.3) is 11.4 Å². The molecule has 0 spiro atoms. The second kappa shape index (κ2) is 9.56. The Balaban J connectivity index is 1.64. The Morgan fingerprint density at radius 2 is 2.03 bits per heavy atom. The molecule has 0 radical (unpaired) electrons. The van der Waals surface area contributed by atoms with Crippen LogP contribution in [0.2, 0.25) is 0 Å². The number of ketones is 1. The zero-order valence-electron chi connectivity index (χ0n) is 16.7. The quantitative estimate of drug-likeness (QED) is 0.388. The molecule has 0 bridgehead atoms. The van der Waals surface area contributed by atoms with E-state index in [2.05, 4.69) is 10.2 Å². The van der Waals surface area contributed by atoms with Crippen molar-refractivity contribution in [1.29, 1.82) is 0 Å². The van der Waals surface area contributed by atoms with E-state index >= 15 is 0 Å². The van der Waals surface area contributed by atoms with Crippen LogP contribution in [-0.4, -0.2) is 38.9 Å². The first-order valence-electron chi connectivity index (χ1n) is 9.41. The number of Topliss-reactive ketones (excluding diaryl/α,β-unsaturated/α-hetero) is 1. The lowest BCUT2D eigenvalue weighted by molar-refractivity contribution is -0.116. The molecule has 29 heavy (non-hydrogen) atoms. The number of aryl methyl sites for hydroxylation is 1. The fraction of sp³-hybridized carbons (Fsp3) is 0.333. The van der Waals surface area contributed by atoms with E-state index in [0.29, 0.717) is 23.9 Å². The van der Waals surface area contributed by atoms with Gasteiger partial charge in [-0.05, 0) is 44.5 Å². The van der Waals surface area contributed by atoms with Crippen molar-refractivity contribution in [3.63, 3.8) is 0 Å². The Bertz CT molecular complexity index is 1010. The summed E-state index contributed by atoms with van der Waals surface area (Å²) in [5.41, 5.74) is 2.14. The molecule has 0 unspecified atom stereocenters. The minimum atomic E-state index is -0.380. The van der Waals surface area contributed by atoms with Crippen molar-refractivity contribution in [3.05, 3.63) is 53.5 Å². The van der Waals surface area contributed by atoms with Gasteiger partial charge in [-0.15, -0.1) is 10.2 Å². The Morgan fingerprint density at radius 1 is 1.21 bits per heavy atom. The van der Waals surface area contributed by atoms with Crippen LogP contribution in [0.4, 0.5) is 0 Å². The minimum Gasteiger partial charge on any atom is -0.469 e. The Kier molecular flexibility index (Phi) is 6.87. The van der Waals surface area contributed by atoms with Crippen molar-refractivity contribution in [2.24, 2.45) is 0 Å². The number of aromatic nitrogens is 3. The van der Waals surface area contributed by atoms with Crippen molar-refractivity contribution in [2.45, 2.75) is 38.9 Å². The Morgan fingerprint density at radius 3 is 2.72 bits per heavy atom. The molecule has 152 valence electrons. The summed E-state index contributed by atoms with van der Waals surface area (Å²) in [7, 11) is 0. The van der Waals surface area contributed by atoms with E-state index in [4.69, 9.17) is 9.15 Å². The van der Waals surface area contributed by atoms with Crippen molar-refractivity contribution in [1.82, 2.24) is 14.8 Å². The zero-order chi connectivity index (χ0) is 20.8. The second-order valence-corrected chi connectivity index (χ2v) is 7.31. The van der Waals surface area contributed by atoms with Crippen LogP contribution < -0.4 is 0 Å². The number of thioether (sulfide) groups is 1. The summed E-state index contributed by atoms with van der Waals surface area (Å²) in [6.07, 6.45) is 1.87. The van der Waals surface area contributed by atoms with Crippen LogP contribution in [0.1, 0.15) is 35.5 Å². The van der Waals surface area contributed by atoms with Gasteiger partial charge in [-0.1, -0.05) is 23.9 Å². The molecule has 8 heteroatoms. The molecule has 0 aliphatic rings. The average molecular weight is 413 g/mol. The van der Waals surface area contributed by atoms with Crippen LogP contribution in [0, 0.1) is 6.92 Å². The zero-order valence-corrected chi connectivity index (χ0v) is 17.5. The summed E-state index contributed by atoms with van der Waals surface area (Å²) < 4.78 is 12.3. The van der Waals surface area contributed by atoms with Crippen LogP contribution in [0.15, 0.2) is 46.2 Å². The lowest BCUT2D eigenvalue weighted by atomic mass is 10.1. The van der Waals surface area contributed by atoms with Gasteiger partial charge in [0.05, 0.1) is 29.7 Å². The Labute approximate surface area is 173 Å². The van der Waals surface area contributed by atoms with E-state index in [1.54, 1.807) is 31.4 Å². The normalized spacial score (nSPS) is 10.9. The fourth-order valence-electron chi connectivity index (χ4n) is 2.94. The fourth-order valence-corrected chi connectivity index (χ4v) is 3.81. The number of nitrogens with zero attached hydrogens (tertiary/aromatic N) is 3. The molecule has 0 aliphatic heterocycles. The van der Waals surface area contributed by atoms with Gasteiger partial charge in [0.25, 0.3) is 0 Å². The molecule has 0 saturated carbocycles. The minimum absolute atomic E-state index is 0.0442. The molecule has 2 heterocycles. The van der Waals surface area contributed by atoms with E-state index in [-0.39, 0.29) is 23.9 Å². The Hall–Kier alpha value is -2.87. The lowest BCUT2D eigenvalue weighted by Gasteiger charge is -2.07. The molecule has 3 aromatic rings. The molecule has 2 aromatic heterocycles. The van der Waals surface area contributed by atoms with Crippen molar-refractivity contribution in [3.8, 4) is 11.4 Å². The van der Waals surface area contributed by atoms with Gasteiger partial charge in [-0.3, -0.25) is 4.79 Å². The second-order valence-electron chi connectivity index (χ2n) is 6.37. The maximum absolute atomic E-state index is 12.5. The van der Waals surface area contributed by atoms with E-state index in [0.717, 1.165) is 22.7 Å². The maximum Gasteiger partial charge on any atom is 0.338 e. The summed E-state index contributed by atoms with van der Waals surface area (Å²) >= 11 is 1.36. The first-order valence-corrected chi connectivity index (χ1v) is 10.4. The summed E-state index contributed by atoms with van der Waals surface area (Å²) in [6, 6.07) is 8.84. The van der Waals surface area contributed by atoms with Gasteiger partial charge in [-0.2, -0.15) is 0 Å². The largest absolute Gasteiger partial charge is 0.469 e. The number of hydrogen-bond acceptors (Lipinski definition) is 7. The summed E-state index contributed by atoms with van der Waals surface area (Å²) in [6.45, 7) is 6.65. The van der Waals surface area contributed by atoms with E-state index in [1.807, 2.05) is 30.5 Å². The number of carbonyl (C=O) groups is 2. The van der Waals surface area contributed by atoms with E-state index in [9.17, 15) is 9.59 Å². The van der Waals surface area contributed by atoms with Gasteiger partial charge >= 0.3 is 5.97 Å². The number of hydrogen-bond donors (Lipinski definition) is 0. The summed E-state index contributed by atoms with van der Waals surface area (Å²) in [5, 5.41) is 9.20. The smallest absolute Gasteiger partial charge is 0.338 e. The monoisotopic (exact) mass is 413 g/mol. The molecule has 0 aliphatic carbocycles. The number of benzene rings is 1. The van der Waals surface area contributed by atoms with Crippen LogP contribution in [-0.2, 0) is 22.5 Å². The van der Waals surface area contributed by atoms with Crippen molar-refractivity contribution >= 4 is 23.5 Å². The van der Waals surface area contributed by atoms with Crippen LogP contribution in [0.3, 0.4) is 0 Å². The lowest BCUT2D eigenvalue weighted by Crippen LogP contribution is -2.09. The average Bonchev–Trinajstić information content (AvgIpc) is 3.31. The van der Waals surface area contributed by atoms with Gasteiger partial charge in [0, 0.05) is 13.0 Å². The van der Waals surface area contributed by atoms with Gasteiger partial charge in [0.1, 0.15) is 11.5 Å². The van der Waals surface area contributed by atoms with Gasteiger partial charge < -0.3 is 13.7 Å². The molecule has 1 aromatic carbocycles. The first-order chi connectivity index (χ1) is 14.0. The molecular weight excluding hydrogens is 390 g/mol. The number of esters is 1. The summed E-state index contributed by atoms with van der Waals surface area (Å²) in [5.74, 6) is 1.45. The number of carbonyl (C=O) groups excluding carboxylic acids is 2. The highest BCUT2D eigenvalue weighted by atomic mass is 32.2. The molecule has 7 nitrogen and oxygen atoms in total. The third-order valence-corrected chi connectivity index (χ3v) is 5.36. The predicted octanol–water partition coefficient (Wildman–Crippen LogP) is 3.95. The molecule has 0 atom stereocenters. The highest BCUT2D eigenvalue weighted by molar-refractivity contribution is 7.99. The SMILES string of the molecule is CCOC(=O)c1cccc(CC(=O)CSc2nnc(-c3ccoc3C)n2CC)c1. The van der Waals surface area contributed by atoms with Gasteiger partial charge in [0.15, 0.2) is 11.0 Å². The van der Waals surface area contributed by atoms with Crippen LogP contribution >= 0.6 is 11.8 Å². The van der Waals surface area contributed by atoms with Gasteiger partial charge in [0.2, 0.25) is 0 Å². The van der Waals surface area contributed by atoms with E-state index < -0.39 is 0 Å². The standard InChI is InChI=1S/C21H23N3O4S/c1-4-24-19(18-9-10-28-14(18)3)22-23-21(24)29-13-17(25)12-15-7-6-8-16(11-15)20(26)27-5-2/h6-11H,4-5,12-13H2,1-3H3. The molecular formula is C21H23N3O4S. The molecule has 3 rings (SSSR count). The van der Waals surface area contributed by atoms with E-state index in [1.165, 1.54) is 11.8 Å². The summed E-state index contributed by atoms with van der Waals surface area (Å²) in [4.78, 5) is 24.3. The highest BCUT2D eigenvalue weighted by Crippen LogP contribution is 2.27. The number of ether oxygens (including phenoxy) is 1. The molecule has 0 N–H and O–H groups in total. The maximum atomic E-state index is 12.5. The van der Waals surface area contributed by atoms with Gasteiger partial charge in [-0.25, -0.2) is 4.79 Å².